The van der Waals surface area contributed by atoms with Crippen LogP contribution < -0.4 is 62.0 Å². The van der Waals surface area contributed by atoms with Gasteiger partial charge < -0.3 is 62.0 Å². The number of halogens is 5. The molecule has 0 unspecified atom stereocenters. The second kappa shape index (κ2) is 15.6. The second-order valence-corrected chi connectivity index (χ2v) is 12.7. The number of rotatable bonds is 2. The third-order valence-electron chi connectivity index (χ3n) is 7.15. The van der Waals surface area contributed by atoms with E-state index in [1.807, 2.05) is 0 Å². The Morgan fingerprint density at radius 3 is 1.16 bits per heavy atom. The molecule has 0 aromatic rings. The van der Waals surface area contributed by atoms with Crippen molar-refractivity contribution in [2.24, 2.45) is 10.8 Å². The molecule has 0 nitrogen and oxygen atoms in total. The van der Waals surface area contributed by atoms with Crippen molar-refractivity contribution in [1.82, 2.24) is 0 Å². The zero-order valence-electron chi connectivity index (χ0n) is 20.8. The van der Waals surface area contributed by atoms with Crippen molar-refractivity contribution in [2.75, 3.05) is 0 Å². The fourth-order valence-electron chi connectivity index (χ4n) is 4.26. The summed E-state index contributed by atoms with van der Waals surface area (Å²) >= 11 is 1.33. The van der Waals surface area contributed by atoms with Crippen LogP contribution in [0.5, 0.6) is 0 Å². The Balaban J connectivity index is -0.000000312. The Labute approximate surface area is 252 Å². The average Bonchev–Trinajstić information content (AvgIpc) is 3.17. The molecule has 3 aliphatic rings. The van der Waals surface area contributed by atoms with Gasteiger partial charge >= 0.3 is 193 Å². The zero-order chi connectivity index (χ0) is 20.7. The molecule has 178 valence electrons. The zero-order valence-corrected chi connectivity index (χ0v) is 28.6. The first-order chi connectivity index (χ1) is 12.3. The van der Waals surface area contributed by atoms with E-state index in [4.69, 9.17) is 0 Å². The summed E-state index contributed by atoms with van der Waals surface area (Å²) in [5, 5.41) is 0. The van der Waals surface area contributed by atoms with Crippen molar-refractivity contribution in [2.45, 2.75) is 75.7 Å². The summed E-state index contributed by atoms with van der Waals surface area (Å²) in [6, 6.07) is 0. The van der Waals surface area contributed by atoms with Gasteiger partial charge in [-0.25, -0.2) is 0 Å². The molecule has 0 atom stereocenters. The Morgan fingerprint density at radius 2 is 1.00 bits per heavy atom. The van der Waals surface area contributed by atoms with Gasteiger partial charge in [0, 0.05) is 0 Å². The van der Waals surface area contributed by atoms with E-state index < -0.39 is 0 Å². The number of allylic oxidation sites excluding steroid dienone is 12. The summed E-state index contributed by atoms with van der Waals surface area (Å²) in [6.45, 7) is 23.6. The van der Waals surface area contributed by atoms with E-state index in [0.717, 1.165) is 0 Å². The molecular formula is C25H35Cl5TiZr. The average molecular weight is 652 g/mol. The van der Waals surface area contributed by atoms with Crippen molar-refractivity contribution in [3.63, 3.8) is 0 Å². The first kappa shape index (κ1) is 40.6. The van der Waals surface area contributed by atoms with Crippen LogP contribution in [-0.4, -0.2) is 0 Å². The van der Waals surface area contributed by atoms with Crippen LogP contribution in [-0.2, 0) is 43.9 Å². The molecule has 0 spiro atoms. The summed E-state index contributed by atoms with van der Waals surface area (Å²) in [5.41, 5.74) is 9.92. The molecule has 3 aliphatic carbocycles. The van der Waals surface area contributed by atoms with E-state index >= 15 is 0 Å². The van der Waals surface area contributed by atoms with Crippen molar-refractivity contribution in [3.05, 3.63) is 62.7 Å². The summed E-state index contributed by atoms with van der Waals surface area (Å²) in [4.78, 5) is 0. The first-order valence-electron chi connectivity index (χ1n) is 9.97. The Bertz CT molecular complexity index is 800. The molecule has 0 saturated carbocycles. The van der Waals surface area contributed by atoms with Gasteiger partial charge in [0.05, 0.1) is 0 Å². The molecule has 0 bridgehead atoms. The molecule has 3 rings (SSSR count). The second-order valence-electron chi connectivity index (χ2n) is 9.20. The van der Waals surface area contributed by atoms with Gasteiger partial charge in [-0.2, -0.15) is 0 Å². The summed E-state index contributed by atoms with van der Waals surface area (Å²) in [6.07, 6.45) is 7.69. The van der Waals surface area contributed by atoms with Crippen molar-refractivity contribution in [3.8, 4) is 0 Å². The van der Waals surface area contributed by atoms with Gasteiger partial charge in [0.1, 0.15) is 0 Å². The third-order valence-corrected chi connectivity index (χ3v) is 12.0. The molecule has 0 saturated heterocycles. The van der Waals surface area contributed by atoms with Crippen LogP contribution in [0.3, 0.4) is 0 Å². The maximum absolute atomic E-state index is 2.42. The fourth-order valence-corrected chi connectivity index (χ4v) is 7.91. The maximum atomic E-state index is 2.42. The predicted octanol–water partition coefficient (Wildman–Crippen LogP) is -7.23. The topological polar surface area (TPSA) is 0 Å². The van der Waals surface area contributed by atoms with Crippen LogP contribution in [0.15, 0.2) is 62.7 Å². The first-order valence-corrected chi connectivity index (χ1v) is 12.8. The molecule has 0 heterocycles. The van der Waals surface area contributed by atoms with Gasteiger partial charge in [-0.05, 0) is 0 Å². The van der Waals surface area contributed by atoms with Crippen molar-refractivity contribution >= 4 is 0 Å². The van der Waals surface area contributed by atoms with E-state index in [1.54, 1.807) is 58.0 Å². The normalized spacial score (nSPS) is 19.6. The number of hydrogen-bond donors (Lipinski definition) is 0. The Hall–Kier alpha value is 1.49. The van der Waals surface area contributed by atoms with Crippen LogP contribution in [0.2, 0.25) is 0 Å². The fraction of sp³-hybridized carbons (Fsp3) is 0.520. The molecule has 0 N–H and O–H groups in total. The molecule has 32 heavy (non-hydrogen) atoms. The molecule has 0 fully saturated rings. The van der Waals surface area contributed by atoms with Gasteiger partial charge in [0.15, 0.2) is 0 Å². The quantitative estimate of drug-likeness (QED) is 0.261. The molecule has 7 heteroatoms. The van der Waals surface area contributed by atoms with Crippen LogP contribution in [0.4, 0.5) is 0 Å². The van der Waals surface area contributed by atoms with Gasteiger partial charge in [-0.3, -0.25) is 0 Å². The summed E-state index contributed by atoms with van der Waals surface area (Å²) < 4.78 is 5.06. The standard InChI is InChI=1S/2C10H15.C5H5.5ClH.Ti.Zr/c2*1-7-6-10(4,5)9(3)8(7)2;1-2-4-5-3-1;;;;;;;/h2*1-5H3;1-3H,4H2;5*1H;;/q;;;;;;;;+2;+3/p-5. The van der Waals surface area contributed by atoms with E-state index in [2.05, 4.69) is 87.5 Å². The van der Waals surface area contributed by atoms with Crippen LogP contribution in [0.25, 0.3) is 0 Å². The molecule has 0 aromatic carbocycles. The Morgan fingerprint density at radius 1 is 0.656 bits per heavy atom. The molecule has 0 amide bonds. The monoisotopic (exact) mass is 648 g/mol. The molecular weight excluding hydrogens is 617 g/mol. The molecule has 0 aromatic heterocycles. The van der Waals surface area contributed by atoms with Gasteiger partial charge in [-0.15, -0.1) is 0 Å². The third kappa shape index (κ3) is 8.00. The van der Waals surface area contributed by atoms with Crippen LogP contribution >= 0.6 is 0 Å². The van der Waals surface area contributed by atoms with E-state index in [1.165, 1.54) is 17.6 Å². The molecule has 0 aliphatic heterocycles. The van der Waals surface area contributed by atoms with E-state index in [0.29, 0.717) is 0 Å². The molecule has 0 radical (unpaired) electrons. The van der Waals surface area contributed by atoms with Crippen LogP contribution in [0, 0.1) is 10.8 Å². The summed E-state index contributed by atoms with van der Waals surface area (Å²) in [7, 11) is 0. The van der Waals surface area contributed by atoms with Crippen LogP contribution in [0.1, 0.15) is 75.7 Å². The minimum atomic E-state index is -0.239. The van der Waals surface area contributed by atoms with Gasteiger partial charge in [0.2, 0.25) is 0 Å². The van der Waals surface area contributed by atoms with Gasteiger partial charge in [0.25, 0.3) is 0 Å². The predicted molar refractivity (Wildman–Crippen MR) is 112 cm³/mol. The minimum absolute atomic E-state index is 0. The SMILES string of the molecule is CC1=C(C)C(C)(C)[C]([Ti+2][C]2=C(C)C(C)=C(C)C2(C)C)=C1C.[Cl-].[Cl-].[Cl-].[Cl-].[Cl-].[Zr+3][C]1=CC=CC1. The van der Waals surface area contributed by atoms with E-state index in [-0.39, 0.29) is 92.0 Å². The Kier molecular flexibility index (Phi) is 19.8. The summed E-state index contributed by atoms with van der Waals surface area (Å²) in [5.74, 6) is 0. The van der Waals surface area contributed by atoms with Crippen molar-refractivity contribution in [1.29, 1.82) is 0 Å². The number of hydrogen-bond acceptors (Lipinski definition) is 0. The van der Waals surface area contributed by atoms with E-state index in [9.17, 15) is 0 Å². The van der Waals surface area contributed by atoms with Crippen molar-refractivity contribution < 1.29 is 106 Å². The van der Waals surface area contributed by atoms with Gasteiger partial charge in [-0.1, -0.05) is 0 Å².